The summed E-state index contributed by atoms with van der Waals surface area (Å²) < 4.78 is 0. The van der Waals surface area contributed by atoms with Crippen molar-refractivity contribution in [2.75, 3.05) is 33.2 Å². The number of nitrogens with zero attached hydrogens (tertiary/aromatic N) is 2. The van der Waals surface area contributed by atoms with Crippen molar-refractivity contribution in [2.24, 2.45) is 0 Å². The monoisotopic (exact) mass is 234 g/mol. The van der Waals surface area contributed by atoms with Gasteiger partial charge in [0.1, 0.15) is 0 Å². The van der Waals surface area contributed by atoms with Crippen LogP contribution in [0.15, 0.2) is 35.6 Å². The van der Waals surface area contributed by atoms with Crippen molar-refractivity contribution in [3.8, 4) is 0 Å². The Morgan fingerprint density at radius 2 is 1.71 bits per heavy atom. The summed E-state index contributed by atoms with van der Waals surface area (Å²) in [4.78, 5) is 4.88. The first kappa shape index (κ1) is 14.0. The third-order valence-corrected chi connectivity index (χ3v) is 3.47. The number of likely N-dealkylation sites (N-methyl/N-ethyl adjacent to an activating group) is 1. The molecule has 1 aliphatic rings. The van der Waals surface area contributed by atoms with E-state index in [9.17, 15) is 0 Å². The molecule has 0 unspecified atom stereocenters. The highest BCUT2D eigenvalue weighted by molar-refractivity contribution is 5.28. The van der Waals surface area contributed by atoms with E-state index in [1.165, 1.54) is 30.8 Å². The van der Waals surface area contributed by atoms with E-state index < -0.39 is 0 Å². The van der Waals surface area contributed by atoms with Crippen LogP contribution in [-0.4, -0.2) is 43.0 Å². The molecule has 0 N–H and O–H groups in total. The first-order chi connectivity index (χ1) is 8.00. The minimum absolute atomic E-state index is 1.14. The van der Waals surface area contributed by atoms with Gasteiger partial charge in [0.25, 0.3) is 0 Å². The van der Waals surface area contributed by atoms with Crippen LogP contribution >= 0.6 is 0 Å². The van der Waals surface area contributed by atoms with Gasteiger partial charge >= 0.3 is 0 Å². The molecule has 0 aromatic carbocycles. The van der Waals surface area contributed by atoms with E-state index in [1.807, 2.05) is 0 Å². The van der Waals surface area contributed by atoms with Crippen LogP contribution in [0, 0.1) is 0 Å². The largest absolute Gasteiger partial charge is 0.374 e. The summed E-state index contributed by atoms with van der Waals surface area (Å²) in [5, 5.41) is 0. The molecule has 96 valence electrons. The first-order valence-corrected chi connectivity index (χ1v) is 6.45. The van der Waals surface area contributed by atoms with Crippen LogP contribution in [0.2, 0.25) is 0 Å². The highest BCUT2D eigenvalue weighted by atomic mass is 15.2. The molecule has 17 heavy (non-hydrogen) atoms. The lowest BCUT2D eigenvalue weighted by molar-refractivity contribution is 0.326. The van der Waals surface area contributed by atoms with Gasteiger partial charge in [-0.15, -0.1) is 0 Å². The molecule has 0 bridgehead atoms. The average Bonchev–Trinajstić information content (AvgIpc) is 2.50. The zero-order chi connectivity index (χ0) is 12.8. The van der Waals surface area contributed by atoms with Gasteiger partial charge in [-0.25, -0.2) is 0 Å². The number of hydrogen-bond donors (Lipinski definition) is 0. The summed E-state index contributed by atoms with van der Waals surface area (Å²) in [6, 6.07) is 0. The predicted octanol–water partition coefficient (Wildman–Crippen LogP) is 3.05. The summed E-state index contributed by atoms with van der Waals surface area (Å²) >= 11 is 0. The maximum Gasteiger partial charge on any atom is 0.0302 e. The lowest BCUT2D eigenvalue weighted by Crippen LogP contribution is -2.27. The molecule has 1 aliphatic heterocycles. The normalized spacial score (nSPS) is 20.4. The minimum atomic E-state index is 1.14. The van der Waals surface area contributed by atoms with Crippen molar-refractivity contribution in [2.45, 2.75) is 27.2 Å². The Morgan fingerprint density at radius 3 is 2.35 bits per heavy atom. The molecule has 2 heteroatoms. The molecule has 0 aromatic rings. The molecule has 0 saturated carbocycles. The van der Waals surface area contributed by atoms with E-state index in [1.54, 1.807) is 0 Å². The van der Waals surface area contributed by atoms with E-state index in [2.05, 4.69) is 56.3 Å². The fraction of sp³-hybridized carbons (Fsp3) is 0.600. The molecule has 0 atom stereocenters. The van der Waals surface area contributed by atoms with Crippen LogP contribution in [0.25, 0.3) is 0 Å². The molecule has 0 aromatic heterocycles. The standard InChI is InChI=1S/C15H26N2/c1-13(2)14(3)7-8-15(4)17-10-6-9-16(5)11-12-17/h7-8H,1,6,9-12H2,2-5H3/b14-7-,15-8+. The van der Waals surface area contributed by atoms with E-state index in [-0.39, 0.29) is 0 Å². The summed E-state index contributed by atoms with van der Waals surface area (Å²) in [7, 11) is 2.20. The van der Waals surface area contributed by atoms with Crippen LogP contribution in [0.5, 0.6) is 0 Å². The first-order valence-electron chi connectivity index (χ1n) is 6.45. The van der Waals surface area contributed by atoms with Gasteiger partial charge in [0.15, 0.2) is 0 Å². The number of rotatable bonds is 3. The minimum Gasteiger partial charge on any atom is -0.374 e. The molecule has 1 saturated heterocycles. The lowest BCUT2D eigenvalue weighted by atomic mass is 10.1. The fourth-order valence-corrected chi connectivity index (χ4v) is 1.89. The molecule has 0 radical (unpaired) electrons. The van der Waals surface area contributed by atoms with Gasteiger partial charge < -0.3 is 9.80 Å². The summed E-state index contributed by atoms with van der Waals surface area (Å²) in [5.41, 5.74) is 3.77. The van der Waals surface area contributed by atoms with Crippen molar-refractivity contribution >= 4 is 0 Å². The summed E-state index contributed by atoms with van der Waals surface area (Å²) in [5.74, 6) is 0. The summed E-state index contributed by atoms with van der Waals surface area (Å²) in [6.45, 7) is 15.0. The van der Waals surface area contributed by atoms with Crippen molar-refractivity contribution in [3.05, 3.63) is 35.6 Å². The third kappa shape index (κ3) is 4.78. The smallest absolute Gasteiger partial charge is 0.0302 e. The third-order valence-electron chi connectivity index (χ3n) is 3.47. The number of hydrogen-bond acceptors (Lipinski definition) is 2. The molecule has 0 amide bonds. The van der Waals surface area contributed by atoms with Crippen LogP contribution in [0.3, 0.4) is 0 Å². The van der Waals surface area contributed by atoms with Gasteiger partial charge in [0.05, 0.1) is 0 Å². The molecule has 0 aliphatic carbocycles. The lowest BCUT2D eigenvalue weighted by Gasteiger charge is -2.23. The van der Waals surface area contributed by atoms with Gasteiger partial charge in [-0.3, -0.25) is 0 Å². The van der Waals surface area contributed by atoms with Gasteiger partial charge in [0.2, 0.25) is 0 Å². The second-order valence-corrected chi connectivity index (χ2v) is 5.08. The number of allylic oxidation sites excluding steroid dienone is 5. The van der Waals surface area contributed by atoms with Gasteiger partial charge in [-0.05, 0) is 52.4 Å². The molecule has 1 fully saturated rings. The zero-order valence-electron chi connectivity index (χ0n) is 11.8. The summed E-state index contributed by atoms with van der Waals surface area (Å²) in [6.07, 6.45) is 5.65. The SMILES string of the molecule is C=C(C)/C(C)=C\C=C(/C)N1CCCN(C)CC1. The molecule has 1 rings (SSSR count). The van der Waals surface area contributed by atoms with E-state index in [0.29, 0.717) is 0 Å². The van der Waals surface area contributed by atoms with Crippen LogP contribution in [0.4, 0.5) is 0 Å². The van der Waals surface area contributed by atoms with Gasteiger partial charge in [-0.2, -0.15) is 0 Å². The van der Waals surface area contributed by atoms with Gasteiger partial charge in [0, 0.05) is 25.3 Å². The van der Waals surface area contributed by atoms with Gasteiger partial charge in [-0.1, -0.05) is 18.2 Å². The second-order valence-electron chi connectivity index (χ2n) is 5.08. The Balaban J connectivity index is 2.62. The van der Waals surface area contributed by atoms with E-state index in [4.69, 9.17) is 0 Å². The zero-order valence-corrected chi connectivity index (χ0v) is 11.8. The second kappa shape index (κ2) is 6.65. The van der Waals surface area contributed by atoms with E-state index >= 15 is 0 Å². The highest BCUT2D eigenvalue weighted by Crippen LogP contribution is 2.11. The topological polar surface area (TPSA) is 6.48 Å². The van der Waals surface area contributed by atoms with Crippen molar-refractivity contribution in [3.63, 3.8) is 0 Å². The Labute approximate surface area is 106 Å². The maximum atomic E-state index is 3.95. The Morgan fingerprint density at radius 1 is 1.00 bits per heavy atom. The molecule has 0 spiro atoms. The average molecular weight is 234 g/mol. The quantitative estimate of drug-likeness (QED) is 0.693. The predicted molar refractivity (Wildman–Crippen MR) is 76.0 cm³/mol. The Hall–Kier alpha value is -1.02. The maximum absolute atomic E-state index is 3.95. The molecule has 1 heterocycles. The molecular weight excluding hydrogens is 208 g/mol. The van der Waals surface area contributed by atoms with Crippen LogP contribution < -0.4 is 0 Å². The van der Waals surface area contributed by atoms with E-state index in [0.717, 1.165) is 18.7 Å². The Kier molecular flexibility index (Phi) is 5.49. The van der Waals surface area contributed by atoms with Crippen LogP contribution in [0.1, 0.15) is 27.2 Å². The molecule has 2 nitrogen and oxygen atoms in total. The van der Waals surface area contributed by atoms with Crippen molar-refractivity contribution < 1.29 is 0 Å². The fourth-order valence-electron chi connectivity index (χ4n) is 1.89. The van der Waals surface area contributed by atoms with Crippen LogP contribution in [-0.2, 0) is 0 Å². The highest BCUT2D eigenvalue weighted by Gasteiger charge is 2.11. The molecular formula is C15H26N2. The van der Waals surface area contributed by atoms with Crippen molar-refractivity contribution in [1.29, 1.82) is 0 Å². The van der Waals surface area contributed by atoms with Crippen molar-refractivity contribution in [1.82, 2.24) is 9.80 Å². The Bertz CT molecular complexity index is 326.